The number of benzene rings is 4. The van der Waals surface area contributed by atoms with Gasteiger partial charge in [0.2, 0.25) is 0 Å². The fourth-order valence-electron chi connectivity index (χ4n) is 6.27. The zero-order chi connectivity index (χ0) is 32.5. The molecule has 0 radical (unpaired) electrons. The molecule has 1 aliphatic carbocycles. The molecule has 0 spiro atoms. The van der Waals surface area contributed by atoms with E-state index in [0.29, 0.717) is 22.6 Å². The Balaban J connectivity index is 1.37. The third-order valence-corrected chi connectivity index (χ3v) is 10.4. The summed E-state index contributed by atoms with van der Waals surface area (Å²) in [5.74, 6) is -1.78. The number of esters is 2. The lowest BCUT2D eigenvalue weighted by Crippen LogP contribution is -2.31. The highest BCUT2D eigenvalue weighted by Crippen LogP contribution is 2.58. The highest BCUT2D eigenvalue weighted by molar-refractivity contribution is 8.00. The van der Waals surface area contributed by atoms with Gasteiger partial charge in [-0.05, 0) is 59.9 Å². The van der Waals surface area contributed by atoms with Gasteiger partial charge in [-0.2, -0.15) is 0 Å². The smallest absolute Gasteiger partial charge is 0.343 e. The molecular formula is C33H26ClN3O8S. The number of anilines is 1. The van der Waals surface area contributed by atoms with Crippen LogP contribution in [0.25, 0.3) is 0 Å². The number of thioether (sulfide) groups is 1. The predicted molar refractivity (Wildman–Crippen MR) is 172 cm³/mol. The summed E-state index contributed by atoms with van der Waals surface area (Å²) in [6.45, 7) is 0. The van der Waals surface area contributed by atoms with Gasteiger partial charge >= 0.3 is 11.9 Å². The molecule has 0 aromatic heterocycles. The quantitative estimate of drug-likeness (QED) is 0.0660. The lowest BCUT2D eigenvalue weighted by atomic mass is 9.76. The van der Waals surface area contributed by atoms with Gasteiger partial charge in [0.1, 0.15) is 11.3 Å². The van der Waals surface area contributed by atoms with Crippen LogP contribution >= 0.6 is 23.4 Å². The molecule has 1 fully saturated rings. The molecule has 11 nitrogen and oxygen atoms in total. The van der Waals surface area contributed by atoms with E-state index in [1.807, 2.05) is 6.07 Å². The molecule has 1 aliphatic heterocycles. The van der Waals surface area contributed by atoms with Crippen molar-refractivity contribution in [1.29, 1.82) is 0 Å². The number of nitro benzene ring substituents is 2. The van der Waals surface area contributed by atoms with Crippen LogP contribution in [0.3, 0.4) is 0 Å². The largest absolute Gasteiger partial charge is 0.465 e. The normalized spacial score (nSPS) is 21.3. The first-order chi connectivity index (χ1) is 22.2. The molecule has 0 bridgehead atoms. The molecule has 13 heteroatoms. The van der Waals surface area contributed by atoms with E-state index in [9.17, 15) is 29.8 Å². The Morgan fingerprint density at radius 1 is 0.913 bits per heavy atom. The number of methoxy groups -OCH3 is 1. The topological polar surface area (TPSA) is 151 Å². The van der Waals surface area contributed by atoms with Crippen molar-refractivity contribution in [2.45, 2.75) is 33.9 Å². The van der Waals surface area contributed by atoms with E-state index in [1.54, 1.807) is 54.6 Å². The molecule has 1 saturated carbocycles. The Bertz CT molecular complexity index is 1870. The predicted octanol–water partition coefficient (Wildman–Crippen LogP) is 7.55. The molecule has 234 valence electrons. The van der Waals surface area contributed by atoms with Gasteiger partial charge in [0.15, 0.2) is 0 Å². The van der Waals surface area contributed by atoms with Crippen LogP contribution in [0.5, 0.6) is 5.75 Å². The third-order valence-electron chi connectivity index (χ3n) is 8.32. The second-order valence-electron chi connectivity index (χ2n) is 10.9. The maximum atomic E-state index is 13.4. The second-order valence-corrected chi connectivity index (χ2v) is 12.7. The van der Waals surface area contributed by atoms with E-state index in [2.05, 4.69) is 5.32 Å². The molecule has 4 aromatic carbocycles. The minimum Gasteiger partial charge on any atom is -0.465 e. The van der Waals surface area contributed by atoms with Gasteiger partial charge in [-0.1, -0.05) is 36.4 Å². The highest BCUT2D eigenvalue weighted by Gasteiger charge is 2.50. The zero-order valence-electron chi connectivity index (χ0n) is 24.2. The summed E-state index contributed by atoms with van der Waals surface area (Å²) >= 11 is 8.57. The Hall–Kier alpha value is -4.94. The fraction of sp³-hybridized carbons (Fsp3) is 0.212. The number of ether oxygens (including phenoxy) is 2. The van der Waals surface area contributed by atoms with Crippen molar-refractivity contribution < 1.29 is 28.9 Å². The van der Waals surface area contributed by atoms with Gasteiger partial charge in [-0.25, -0.2) is 9.59 Å². The minimum absolute atomic E-state index is 0.0164. The summed E-state index contributed by atoms with van der Waals surface area (Å²) in [5.41, 5.74) is 2.43. The molecule has 0 saturated heterocycles. The Morgan fingerprint density at radius 2 is 1.67 bits per heavy atom. The highest BCUT2D eigenvalue weighted by atomic mass is 35.5. The SMILES string of the molecule is COC(=O)c1ccccc1OC(=O)c1ccc2c(c1)[C@@H]1[C@@H](Cl)[C@@H](Sc3ccccc3[N+](=O)[O-])C[C@@H]1[C@H](c1cccc([N+](=O)[O-])c1)N2. The van der Waals surface area contributed by atoms with Crippen molar-refractivity contribution in [2.75, 3.05) is 12.4 Å². The number of hydrogen-bond acceptors (Lipinski definition) is 10. The van der Waals surface area contributed by atoms with Crippen LogP contribution in [0.2, 0.25) is 0 Å². The van der Waals surface area contributed by atoms with E-state index in [0.717, 1.165) is 5.56 Å². The number of rotatable bonds is 8. The molecular weight excluding hydrogens is 634 g/mol. The Morgan fingerprint density at radius 3 is 2.43 bits per heavy atom. The summed E-state index contributed by atoms with van der Waals surface area (Å²) in [6.07, 6.45) is 0.538. The van der Waals surface area contributed by atoms with Gasteiger partial charge in [0, 0.05) is 35.1 Å². The zero-order valence-corrected chi connectivity index (χ0v) is 25.8. The van der Waals surface area contributed by atoms with Crippen molar-refractivity contribution >= 4 is 52.4 Å². The number of nitrogens with one attached hydrogen (secondary N) is 1. The van der Waals surface area contributed by atoms with Crippen molar-refractivity contribution in [1.82, 2.24) is 0 Å². The molecule has 6 rings (SSSR count). The monoisotopic (exact) mass is 659 g/mol. The van der Waals surface area contributed by atoms with Crippen molar-refractivity contribution in [2.24, 2.45) is 5.92 Å². The molecule has 1 N–H and O–H groups in total. The van der Waals surface area contributed by atoms with E-state index in [1.165, 1.54) is 49.2 Å². The van der Waals surface area contributed by atoms with Crippen molar-refractivity contribution in [3.8, 4) is 5.75 Å². The average molecular weight is 660 g/mol. The van der Waals surface area contributed by atoms with Crippen molar-refractivity contribution in [3.05, 3.63) is 133 Å². The molecule has 5 atom stereocenters. The first-order valence-electron chi connectivity index (χ1n) is 14.2. The molecule has 1 heterocycles. The van der Waals surface area contributed by atoms with Crippen LogP contribution in [-0.2, 0) is 4.74 Å². The second kappa shape index (κ2) is 12.8. The average Bonchev–Trinajstić information content (AvgIpc) is 3.39. The number of para-hydroxylation sites is 2. The molecule has 4 aromatic rings. The lowest BCUT2D eigenvalue weighted by Gasteiger charge is -2.38. The molecule has 0 unspecified atom stereocenters. The lowest BCUT2D eigenvalue weighted by molar-refractivity contribution is -0.387. The number of hydrogen-bond donors (Lipinski definition) is 1. The maximum absolute atomic E-state index is 13.4. The first kappa shape index (κ1) is 31.1. The van der Waals surface area contributed by atoms with Crippen LogP contribution in [0.1, 0.15) is 50.2 Å². The van der Waals surface area contributed by atoms with Gasteiger partial charge in [-0.3, -0.25) is 20.2 Å². The number of fused-ring (bicyclic) bond motifs is 3. The number of nitro groups is 2. The standard InChI is InChI=1S/C33H26ClN3O8S/c1-44-33(39)21-9-2-4-11-26(21)45-32(38)19-13-14-24-22(16-19)29-23(31(35-24)18-7-6-8-20(15-18)36(40)41)17-28(30(29)34)46-27-12-5-3-10-25(27)37(42)43/h2-16,23,28-31,35H,17H2,1H3/t23-,28-,29-,30-,31-/m0/s1. The number of alkyl halides is 1. The summed E-state index contributed by atoms with van der Waals surface area (Å²) < 4.78 is 10.4. The van der Waals surface area contributed by atoms with E-state index in [-0.39, 0.29) is 51.4 Å². The summed E-state index contributed by atoms with van der Waals surface area (Å²) in [7, 11) is 1.24. The summed E-state index contributed by atoms with van der Waals surface area (Å²) in [4.78, 5) is 48.6. The fourth-order valence-corrected chi connectivity index (χ4v) is 8.21. The van der Waals surface area contributed by atoms with Crippen molar-refractivity contribution in [3.63, 3.8) is 0 Å². The number of nitrogens with zero attached hydrogens (tertiary/aromatic N) is 2. The van der Waals surface area contributed by atoms with Crippen LogP contribution < -0.4 is 10.1 Å². The minimum atomic E-state index is -0.688. The molecule has 46 heavy (non-hydrogen) atoms. The Labute approximate surface area is 272 Å². The molecule has 2 aliphatic rings. The number of carbonyl (C=O) groups is 2. The van der Waals surface area contributed by atoms with Gasteiger partial charge < -0.3 is 14.8 Å². The summed E-state index contributed by atoms with van der Waals surface area (Å²) in [6, 6.07) is 23.9. The number of halogens is 1. The molecule has 0 amide bonds. The van der Waals surface area contributed by atoms with E-state index < -0.39 is 27.2 Å². The number of non-ortho nitro benzene ring substituents is 1. The van der Waals surface area contributed by atoms with Crippen LogP contribution in [-0.4, -0.2) is 39.5 Å². The van der Waals surface area contributed by atoms with Crippen LogP contribution in [0, 0.1) is 26.1 Å². The third kappa shape index (κ3) is 5.88. The maximum Gasteiger partial charge on any atom is 0.343 e. The Kier molecular flexibility index (Phi) is 8.65. The van der Waals surface area contributed by atoms with Gasteiger partial charge in [-0.15, -0.1) is 23.4 Å². The van der Waals surface area contributed by atoms with E-state index >= 15 is 0 Å². The summed E-state index contributed by atoms with van der Waals surface area (Å²) in [5, 5.41) is 26.1. The number of carbonyl (C=O) groups excluding carboxylic acids is 2. The van der Waals surface area contributed by atoms with Gasteiger partial charge in [0.25, 0.3) is 11.4 Å². The van der Waals surface area contributed by atoms with Gasteiger partial charge in [0.05, 0.1) is 38.8 Å². The first-order valence-corrected chi connectivity index (χ1v) is 15.6. The van der Waals surface area contributed by atoms with Crippen LogP contribution in [0.15, 0.2) is 95.9 Å². The van der Waals surface area contributed by atoms with Crippen LogP contribution in [0.4, 0.5) is 17.1 Å². The van der Waals surface area contributed by atoms with E-state index in [4.69, 9.17) is 21.1 Å².